The zero-order valence-corrected chi connectivity index (χ0v) is 7.89. The minimum Gasteiger partial charge on any atom is -0.389 e. The third-order valence-corrected chi connectivity index (χ3v) is 1.82. The first-order valence-electron chi connectivity index (χ1n) is 3.87. The van der Waals surface area contributed by atoms with Crippen molar-refractivity contribution in [2.75, 3.05) is 0 Å². The van der Waals surface area contributed by atoms with Gasteiger partial charge in [-0.2, -0.15) is 10.4 Å². The van der Waals surface area contributed by atoms with E-state index < -0.39 is 12.2 Å². The zero-order chi connectivity index (χ0) is 10.6. The van der Waals surface area contributed by atoms with Gasteiger partial charge in [-0.1, -0.05) is 11.6 Å². The molecule has 0 bridgehead atoms. The second-order valence-electron chi connectivity index (χ2n) is 2.66. The number of rotatable bonds is 3. The Kier molecular flexibility index (Phi) is 3.77. The Morgan fingerprint density at radius 2 is 2.14 bits per heavy atom. The summed E-state index contributed by atoms with van der Waals surface area (Å²) in [6, 6.07) is 4.64. The molecule has 2 unspecified atom stereocenters. The first kappa shape index (κ1) is 10.9. The van der Waals surface area contributed by atoms with Crippen LogP contribution < -0.4 is 0 Å². The summed E-state index contributed by atoms with van der Waals surface area (Å²) in [4.78, 5) is 0. The summed E-state index contributed by atoms with van der Waals surface area (Å²) in [7, 11) is 0. The molecule has 0 amide bonds. The van der Waals surface area contributed by atoms with E-state index in [1.807, 2.05) is 0 Å². The van der Waals surface area contributed by atoms with Crippen LogP contribution in [0.4, 0.5) is 0 Å². The highest BCUT2D eigenvalue weighted by Crippen LogP contribution is 2.16. The van der Waals surface area contributed by atoms with E-state index in [0.29, 0.717) is 0 Å². The van der Waals surface area contributed by atoms with E-state index in [2.05, 4.69) is 10.2 Å². The molecule has 6 heteroatoms. The van der Waals surface area contributed by atoms with Gasteiger partial charge in [0.15, 0.2) is 5.15 Å². The molecule has 0 fully saturated rings. The predicted molar refractivity (Wildman–Crippen MR) is 48.2 cm³/mol. The summed E-state index contributed by atoms with van der Waals surface area (Å²) in [5, 5.41) is 34.3. The lowest BCUT2D eigenvalue weighted by atomic mass is 10.1. The van der Waals surface area contributed by atoms with Crippen LogP contribution in [0.5, 0.6) is 0 Å². The molecule has 0 saturated carbocycles. The lowest BCUT2D eigenvalue weighted by molar-refractivity contribution is 0.0185. The molecule has 0 spiro atoms. The zero-order valence-electron chi connectivity index (χ0n) is 7.13. The van der Waals surface area contributed by atoms with Crippen LogP contribution in [0.1, 0.15) is 18.2 Å². The standard InChI is InChI=1S/C8H8ClN3O2/c9-7-2-1-5(11-12-7)8(14)6(13)3-4-10/h1-2,6,8,13-14H,3H2. The Morgan fingerprint density at radius 3 is 2.64 bits per heavy atom. The normalized spacial score (nSPS) is 14.4. The van der Waals surface area contributed by atoms with Gasteiger partial charge in [0.25, 0.3) is 0 Å². The maximum absolute atomic E-state index is 9.46. The van der Waals surface area contributed by atoms with Crippen molar-refractivity contribution >= 4 is 11.6 Å². The maximum atomic E-state index is 9.46. The number of nitriles is 1. The highest BCUT2D eigenvalue weighted by molar-refractivity contribution is 6.29. The molecule has 74 valence electrons. The molecule has 5 nitrogen and oxygen atoms in total. The Morgan fingerprint density at radius 1 is 1.43 bits per heavy atom. The number of hydrogen-bond donors (Lipinski definition) is 2. The molecule has 0 aliphatic carbocycles. The van der Waals surface area contributed by atoms with Gasteiger partial charge in [0, 0.05) is 0 Å². The fraction of sp³-hybridized carbons (Fsp3) is 0.375. The Bertz CT molecular complexity index is 335. The Labute approximate surface area is 85.6 Å². The van der Waals surface area contributed by atoms with Gasteiger partial charge in [0.2, 0.25) is 0 Å². The van der Waals surface area contributed by atoms with Crippen LogP contribution in [0.15, 0.2) is 12.1 Å². The minimum absolute atomic E-state index is 0.161. The summed E-state index contributed by atoms with van der Waals surface area (Å²) >= 11 is 5.49. The van der Waals surface area contributed by atoms with E-state index in [9.17, 15) is 10.2 Å². The van der Waals surface area contributed by atoms with Crippen LogP contribution in [-0.2, 0) is 0 Å². The highest BCUT2D eigenvalue weighted by Gasteiger charge is 2.19. The molecule has 2 N–H and O–H groups in total. The van der Waals surface area contributed by atoms with Crippen molar-refractivity contribution in [3.63, 3.8) is 0 Å². The molecular formula is C8H8ClN3O2. The number of halogens is 1. The first-order valence-corrected chi connectivity index (χ1v) is 4.25. The van der Waals surface area contributed by atoms with Crippen molar-refractivity contribution in [1.82, 2.24) is 10.2 Å². The van der Waals surface area contributed by atoms with Gasteiger partial charge in [-0.3, -0.25) is 0 Å². The molecule has 0 radical (unpaired) electrons. The second kappa shape index (κ2) is 4.86. The lowest BCUT2D eigenvalue weighted by Gasteiger charge is -2.13. The molecule has 0 aliphatic heterocycles. The summed E-state index contributed by atoms with van der Waals surface area (Å²) in [5.74, 6) is 0. The van der Waals surface area contributed by atoms with Gasteiger partial charge in [0.05, 0.1) is 24.3 Å². The van der Waals surface area contributed by atoms with Gasteiger partial charge in [-0.25, -0.2) is 0 Å². The van der Waals surface area contributed by atoms with E-state index in [-0.39, 0.29) is 17.3 Å². The van der Waals surface area contributed by atoms with Crippen molar-refractivity contribution in [2.24, 2.45) is 0 Å². The van der Waals surface area contributed by atoms with Gasteiger partial charge in [-0.05, 0) is 12.1 Å². The summed E-state index contributed by atoms with van der Waals surface area (Å²) in [5.41, 5.74) is 0.192. The van der Waals surface area contributed by atoms with Gasteiger partial charge >= 0.3 is 0 Å². The van der Waals surface area contributed by atoms with Gasteiger partial charge < -0.3 is 10.2 Å². The Hall–Kier alpha value is -1.22. The molecule has 14 heavy (non-hydrogen) atoms. The molecule has 1 aromatic heterocycles. The van der Waals surface area contributed by atoms with Crippen molar-refractivity contribution < 1.29 is 10.2 Å². The molecule has 2 atom stereocenters. The minimum atomic E-state index is -1.21. The van der Waals surface area contributed by atoms with E-state index in [4.69, 9.17) is 16.9 Å². The van der Waals surface area contributed by atoms with Gasteiger partial charge in [0.1, 0.15) is 6.10 Å². The van der Waals surface area contributed by atoms with Crippen molar-refractivity contribution in [2.45, 2.75) is 18.6 Å². The molecule has 0 saturated heterocycles. The van der Waals surface area contributed by atoms with E-state index in [1.54, 1.807) is 6.07 Å². The number of aliphatic hydroxyl groups is 2. The third-order valence-electron chi connectivity index (χ3n) is 1.62. The summed E-state index contributed by atoms with van der Waals surface area (Å²) < 4.78 is 0. The quantitative estimate of drug-likeness (QED) is 0.760. The largest absolute Gasteiger partial charge is 0.389 e. The smallest absolute Gasteiger partial charge is 0.151 e. The fourth-order valence-corrected chi connectivity index (χ4v) is 0.987. The maximum Gasteiger partial charge on any atom is 0.151 e. The number of hydrogen-bond acceptors (Lipinski definition) is 5. The van der Waals surface area contributed by atoms with E-state index >= 15 is 0 Å². The third kappa shape index (κ3) is 2.64. The van der Waals surface area contributed by atoms with Crippen LogP contribution in [0.2, 0.25) is 5.15 Å². The molecule has 1 aromatic rings. The van der Waals surface area contributed by atoms with Crippen molar-refractivity contribution in [1.29, 1.82) is 5.26 Å². The van der Waals surface area contributed by atoms with Crippen molar-refractivity contribution in [3.8, 4) is 6.07 Å². The second-order valence-corrected chi connectivity index (χ2v) is 3.04. The van der Waals surface area contributed by atoms with Crippen LogP contribution >= 0.6 is 11.6 Å². The summed E-state index contributed by atoms with van der Waals surface area (Å²) in [6.07, 6.45) is -2.53. The Balaban J connectivity index is 2.74. The number of nitrogens with zero attached hydrogens (tertiary/aromatic N) is 3. The molecule has 1 rings (SSSR count). The predicted octanol–water partition coefficient (Wildman–Crippen LogP) is 0.438. The molecular weight excluding hydrogens is 206 g/mol. The van der Waals surface area contributed by atoms with E-state index in [1.165, 1.54) is 12.1 Å². The average Bonchev–Trinajstić information content (AvgIpc) is 2.18. The summed E-state index contributed by atoms with van der Waals surface area (Å²) in [6.45, 7) is 0. The number of aromatic nitrogens is 2. The molecule has 1 heterocycles. The average molecular weight is 214 g/mol. The first-order chi connectivity index (χ1) is 6.65. The van der Waals surface area contributed by atoms with Crippen LogP contribution in [0.25, 0.3) is 0 Å². The lowest BCUT2D eigenvalue weighted by Crippen LogP contribution is -2.18. The van der Waals surface area contributed by atoms with Crippen molar-refractivity contribution in [3.05, 3.63) is 23.0 Å². The van der Waals surface area contributed by atoms with Gasteiger partial charge in [-0.15, -0.1) is 5.10 Å². The van der Waals surface area contributed by atoms with E-state index in [0.717, 1.165) is 0 Å². The molecule has 0 aliphatic rings. The number of aliphatic hydroxyl groups excluding tert-OH is 2. The highest BCUT2D eigenvalue weighted by atomic mass is 35.5. The molecule has 0 aromatic carbocycles. The van der Waals surface area contributed by atoms with Crippen LogP contribution in [0, 0.1) is 11.3 Å². The topological polar surface area (TPSA) is 90.0 Å². The fourth-order valence-electron chi connectivity index (χ4n) is 0.886. The van der Waals surface area contributed by atoms with Crippen LogP contribution in [0.3, 0.4) is 0 Å². The SMILES string of the molecule is N#CCC(O)C(O)c1ccc(Cl)nn1. The van der Waals surface area contributed by atoms with Crippen LogP contribution in [-0.4, -0.2) is 26.5 Å². The monoisotopic (exact) mass is 213 g/mol.